The van der Waals surface area contributed by atoms with E-state index in [9.17, 15) is 17.6 Å². The van der Waals surface area contributed by atoms with Crippen LogP contribution in [0.15, 0.2) is 42.5 Å². The van der Waals surface area contributed by atoms with Crippen molar-refractivity contribution in [3.8, 4) is 0 Å². The monoisotopic (exact) mass is 384 g/mol. The van der Waals surface area contributed by atoms with Crippen LogP contribution in [0.4, 0.5) is 10.1 Å². The summed E-state index contributed by atoms with van der Waals surface area (Å²) < 4.78 is 37.4. The van der Waals surface area contributed by atoms with E-state index in [4.69, 9.17) is 11.6 Å². The van der Waals surface area contributed by atoms with Crippen molar-refractivity contribution in [2.24, 2.45) is 0 Å². The molecule has 0 heterocycles. The first-order valence-electron chi connectivity index (χ1n) is 7.39. The topological polar surface area (TPSA) is 66.5 Å². The van der Waals surface area contributed by atoms with Crippen molar-refractivity contribution >= 4 is 33.2 Å². The van der Waals surface area contributed by atoms with Gasteiger partial charge in [-0.15, -0.1) is 0 Å². The Balaban J connectivity index is 2.23. The molecule has 0 spiro atoms. The van der Waals surface area contributed by atoms with Gasteiger partial charge in [0.25, 0.3) is 5.91 Å². The average molecular weight is 385 g/mol. The van der Waals surface area contributed by atoms with Gasteiger partial charge in [0.15, 0.2) is 0 Å². The SMILES string of the molecule is C[C@H](NC(=O)c1ccc(Cl)c(N(C)S(C)(=O)=O)c1)c1ccc(F)cc1. The van der Waals surface area contributed by atoms with Crippen LogP contribution in [-0.4, -0.2) is 27.6 Å². The lowest BCUT2D eigenvalue weighted by Crippen LogP contribution is -2.28. The lowest BCUT2D eigenvalue weighted by atomic mass is 10.1. The number of nitrogens with one attached hydrogen (secondary N) is 1. The summed E-state index contributed by atoms with van der Waals surface area (Å²) in [5.41, 5.74) is 1.23. The molecule has 2 aromatic carbocycles. The standard InChI is InChI=1S/C17H18ClFN2O3S/c1-11(12-4-7-14(19)8-5-12)20-17(22)13-6-9-15(18)16(10-13)21(2)25(3,23)24/h4-11H,1-3H3,(H,20,22)/t11-/m0/s1. The molecule has 0 unspecified atom stereocenters. The molecule has 0 bridgehead atoms. The van der Waals surface area contributed by atoms with E-state index >= 15 is 0 Å². The third kappa shape index (κ3) is 4.70. The highest BCUT2D eigenvalue weighted by atomic mass is 35.5. The van der Waals surface area contributed by atoms with Crippen LogP contribution in [0.5, 0.6) is 0 Å². The predicted octanol–water partition coefficient (Wildman–Crippen LogP) is 3.37. The van der Waals surface area contributed by atoms with Crippen LogP contribution in [-0.2, 0) is 10.0 Å². The first-order chi connectivity index (χ1) is 11.6. The second kappa shape index (κ2) is 7.41. The first kappa shape index (κ1) is 19.2. The van der Waals surface area contributed by atoms with Crippen LogP contribution in [0.25, 0.3) is 0 Å². The Bertz CT molecular complexity index is 885. The van der Waals surface area contributed by atoms with E-state index < -0.39 is 15.9 Å². The van der Waals surface area contributed by atoms with Gasteiger partial charge in [0.2, 0.25) is 10.0 Å². The number of rotatable bonds is 5. The number of nitrogens with zero attached hydrogens (tertiary/aromatic N) is 1. The molecule has 2 rings (SSSR count). The number of carbonyl (C=O) groups is 1. The zero-order valence-corrected chi connectivity index (χ0v) is 15.5. The van der Waals surface area contributed by atoms with Crippen molar-refractivity contribution in [2.75, 3.05) is 17.6 Å². The molecule has 2 aromatic rings. The number of amides is 1. The van der Waals surface area contributed by atoms with Gasteiger partial charge in [-0.3, -0.25) is 9.10 Å². The van der Waals surface area contributed by atoms with E-state index in [1.165, 1.54) is 37.4 Å². The largest absolute Gasteiger partial charge is 0.346 e. The average Bonchev–Trinajstić information content (AvgIpc) is 2.54. The molecule has 0 aliphatic heterocycles. The van der Waals surface area contributed by atoms with Gasteiger partial charge < -0.3 is 5.32 Å². The Morgan fingerprint density at radius 3 is 2.36 bits per heavy atom. The van der Waals surface area contributed by atoms with Gasteiger partial charge in [-0.1, -0.05) is 23.7 Å². The Labute approximate surface area is 151 Å². The number of benzene rings is 2. The molecule has 0 saturated heterocycles. The number of anilines is 1. The van der Waals surface area contributed by atoms with E-state index in [1.807, 2.05) is 0 Å². The van der Waals surface area contributed by atoms with Crippen LogP contribution in [0.3, 0.4) is 0 Å². The number of hydrogen-bond donors (Lipinski definition) is 1. The fourth-order valence-electron chi connectivity index (χ4n) is 2.19. The van der Waals surface area contributed by atoms with E-state index in [0.717, 1.165) is 16.1 Å². The second-order valence-electron chi connectivity index (χ2n) is 5.64. The van der Waals surface area contributed by atoms with Crippen molar-refractivity contribution in [2.45, 2.75) is 13.0 Å². The van der Waals surface area contributed by atoms with Gasteiger partial charge in [-0.2, -0.15) is 0 Å². The molecule has 1 amide bonds. The van der Waals surface area contributed by atoms with Crippen molar-refractivity contribution in [3.05, 3.63) is 64.4 Å². The highest BCUT2D eigenvalue weighted by Gasteiger charge is 2.18. The Morgan fingerprint density at radius 2 is 1.80 bits per heavy atom. The van der Waals surface area contributed by atoms with Crippen LogP contribution >= 0.6 is 11.6 Å². The van der Waals surface area contributed by atoms with Crippen LogP contribution < -0.4 is 9.62 Å². The summed E-state index contributed by atoms with van der Waals surface area (Å²) in [7, 11) is -2.15. The van der Waals surface area contributed by atoms with Gasteiger partial charge in [-0.25, -0.2) is 12.8 Å². The second-order valence-corrected chi connectivity index (χ2v) is 8.06. The van der Waals surface area contributed by atoms with Gasteiger partial charge in [0.1, 0.15) is 5.82 Å². The first-order valence-corrected chi connectivity index (χ1v) is 9.62. The minimum atomic E-state index is -3.51. The van der Waals surface area contributed by atoms with Crippen LogP contribution in [0, 0.1) is 5.82 Å². The van der Waals surface area contributed by atoms with E-state index in [2.05, 4.69) is 5.32 Å². The maximum Gasteiger partial charge on any atom is 0.251 e. The summed E-state index contributed by atoms with van der Waals surface area (Å²) in [5, 5.41) is 3.00. The molecule has 1 N–H and O–H groups in total. The molecular formula is C17H18ClFN2O3S. The molecule has 25 heavy (non-hydrogen) atoms. The Kier molecular flexibility index (Phi) is 5.69. The molecule has 0 fully saturated rings. The quantitative estimate of drug-likeness (QED) is 0.859. The molecule has 0 aliphatic rings. The molecule has 1 atom stereocenters. The summed E-state index contributed by atoms with van der Waals surface area (Å²) in [4.78, 5) is 12.4. The van der Waals surface area contributed by atoms with E-state index in [1.54, 1.807) is 19.1 Å². The van der Waals surface area contributed by atoms with Gasteiger partial charge >= 0.3 is 0 Å². The third-order valence-corrected chi connectivity index (χ3v) is 5.27. The predicted molar refractivity (Wildman–Crippen MR) is 97.0 cm³/mol. The maximum absolute atomic E-state index is 13.0. The summed E-state index contributed by atoms with van der Waals surface area (Å²) in [6, 6.07) is 9.86. The van der Waals surface area contributed by atoms with Crippen LogP contribution in [0.1, 0.15) is 28.9 Å². The number of halogens is 2. The molecular weight excluding hydrogens is 367 g/mol. The number of sulfonamides is 1. The maximum atomic E-state index is 13.0. The minimum Gasteiger partial charge on any atom is -0.346 e. The van der Waals surface area contributed by atoms with E-state index in [-0.39, 0.29) is 28.1 Å². The molecule has 0 radical (unpaired) electrons. The molecule has 5 nitrogen and oxygen atoms in total. The van der Waals surface area contributed by atoms with Gasteiger partial charge in [-0.05, 0) is 42.8 Å². The van der Waals surface area contributed by atoms with Crippen molar-refractivity contribution in [1.82, 2.24) is 5.32 Å². The van der Waals surface area contributed by atoms with Gasteiger partial charge in [0.05, 0.1) is 23.0 Å². The highest BCUT2D eigenvalue weighted by Crippen LogP contribution is 2.28. The molecule has 0 aliphatic carbocycles. The minimum absolute atomic E-state index is 0.214. The molecule has 8 heteroatoms. The molecule has 0 saturated carbocycles. The van der Waals surface area contributed by atoms with Crippen molar-refractivity contribution in [1.29, 1.82) is 0 Å². The third-order valence-electron chi connectivity index (χ3n) is 3.76. The smallest absolute Gasteiger partial charge is 0.251 e. The normalized spacial score (nSPS) is 12.5. The zero-order chi connectivity index (χ0) is 18.8. The lowest BCUT2D eigenvalue weighted by molar-refractivity contribution is 0.0940. The van der Waals surface area contributed by atoms with Crippen LogP contribution in [0.2, 0.25) is 5.02 Å². The van der Waals surface area contributed by atoms with E-state index in [0.29, 0.717) is 0 Å². The van der Waals surface area contributed by atoms with Crippen molar-refractivity contribution in [3.63, 3.8) is 0 Å². The lowest BCUT2D eigenvalue weighted by Gasteiger charge is -2.19. The fraction of sp³-hybridized carbons (Fsp3) is 0.235. The summed E-state index contributed by atoms with van der Waals surface area (Å²) in [6.07, 6.45) is 1.05. The molecule has 0 aromatic heterocycles. The Hall–Kier alpha value is -2.12. The molecule has 134 valence electrons. The highest BCUT2D eigenvalue weighted by molar-refractivity contribution is 7.92. The zero-order valence-electron chi connectivity index (χ0n) is 14.0. The number of hydrogen-bond acceptors (Lipinski definition) is 3. The fourth-order valence-corrected chi connectivity index (χ4v) is 2.99. The van der Waals surface area contributed by atoms with Gasteiger partial charge in [0, 0.05) is 12.6 Å². The summed E-state index contributed by atoms with van der Waals surface area (Å²) >= 11 is 6.04. The summed E-state index contributed by atoms with van der Waals surface area (Å²) in [6.45, 7) is 1.77. The Morgan fingerprint density at radius 1 is 1.20 bits per heavy atom. The number of carbonyl (C=O) groups excluding carboxylic acids is 1. The summed E-state index contributed by atoms with van der Waals surface area (Å²) in [5.74, 6) is -0.745. The van der Waals surface area contributed by atoms with Crippen molar-refractivity contribution < 1.29 is 17.6 Å².